The molecule has 1 N–H and O–H groups in total. The van der Waals surface area contributed by atoms with E-state index in [-0.39, 0.29) is 0 Å². The van der Waals surface area contributed by atoms with E-state index >= 15 is 0 Å². The van der Waals surface area contributed by atoms with Gasteiger partial charge in [-0.2, -0.15) is 18.1 Å². The first-order chi connectivity index (χ1) is 8.62. The Morgan fingerprint density at radius 2 is 1.56 bits per heavy atom. The molecule has 0 aromatic carbocycles. The van der Waals surface area contributed by atoms with Crippen LogP contribution in [0, 0.1) is 0 Å². The molecule has 0 radical (unpaired) electrons. The van der Waals surface area contributed by atoms with E-state index in [2.05, 4.69) is 25.0 Å². The molecule has 0 atom stereocenters. The number of hydrogen-bond donors (Lipinski definition) is 2. The molecule has 0 unspecified atom stereocenters. The molecule has 0 saturated heterocycles. The van der Waals surface area contributed by atoms with Gasteiger partial charge < -0.3 is 4.84 Å². The average molecular weight is 283 g/mol. The molecule has 0 spiro atoms. The molecule has 0 amide bonds. The Kier molecular flexibility index (Phi) is 12.3. The second kappa shape index (κ2) is 12.2. The van der Waals surface area contributed by atoms with Crippen molar-refractivity contribution in [3.05, 3.63) is 0 Å². The van der Waals surface area contributed by atoms with E-state index in [0.29, 0.717) is 6.61 Å². The maximum absolute atomic E-state index is 12.7. The molecule has 0 saturated carbocycles. The molecule has 5 heteroatoms. The van der Waals surface area contributed by atoms with Crippen LogP contribution in [0.25, 0.3) is 0 Å². The fraction of sp³-hybridized carbons (Fsp3) is 1.00. The van der Waals surface area contributed by atoms with Crippen LogP contribution in [0.2, 0.25) is 0 Å². The van der Waals surface area contributed by atoms with Gasteiger partial charge >= 0.3 is 0 Å². The molecule has 0 fully saturated rings. The Morgan fingerprint density at radius 3 is 2.11 bits per heavy atom. The predicted molar refractivity (Wildman–Crippen MR) is 75.4 cm³/mol. The van der Waals surface area contributed by atoms with Crippen molar-refractivity contribution in [2.24, 2.45) is 0 Å². The van der Waals surface area contributed by atoms with Gasteiger partial charge in [0.05, 0.1) is 18.9 Å². The summed E-state index contributed by atoms with van der Waals surface area (Å²) in [6, 6.07) is 0. The molecule has 0 aromatic heterocycles. The van der Waals surface area contributed by atoms with Crippen LogP contribution in [0.4, 0.5) is 8.78 Å². The highest BCUT2D eigenvalue weighted by molar-refractivity contribution is 7.80. The summed E-state index contributed by atoms with van der Waals surface area (Å²) < 4.78 is 25.4. The number of hydroxylamine groups is 1. The Labute approximate surface area is 115 Å². The molecule has 0 aliphatic rings. The number of rotatable bonds is 13. The van der Waals surface area contributed by atoms with Gasteiger partial charge in [-0.25, -0.2) is 8.78 Å². The third-order valence-electron chi connectivity index (χ3n) is 2.76. The molecule has 0 aliphatic carbocycles. The minimum Gasteiger partial charge on any atom is -0.302 e. The quantitative estimate of drug-likeness (QED) is 0.300. The molecular formula is C13H27F2NOS. The van der Waals surface area contributed by atoms with Gasteiger partial charge in [0.25, 0.3) is 5.92 Å². The van der Waals surface area contributed by atoms with Crippen molar-refractivity contribution in [1.29, 1.82) is 0 Å². The molecule has 0 heterocycles. The number of alkyl halides is 2. The van der Waals surface area contributed by atoms with Gasteiger partial charge in [0.1, 0.15) is 0 Å². The van der Waals surface area contributed by atoms with Crippen molar-refractivity contribution in [3.8, 4) is 0 Å². The van der Waals surface area contributed by atoms with Gasteiger partial charge in [0, 0.05) is 0 Å². The lowest BCUT2D eigenvalue weighted by atomic mass is 10.1. The first-order valence-electron chi connectivity index (χ1n) is 6.95. The van der Waals surface area contributed by atoms with E-state index in [4.69, 9.17) is 4.84 Å². The fourth-order valence-electron chi connectivity index (χ4n) is 1.59. The van der Waals surface area contributed by atoms with Gasteiger partial charge in [0.15, 0.2) is 0 Å². The minimum atomic E-state index is -2.79. The zero-order chi connectivity index (χ0) is 13.7. The largest absolute Gasteiger partial charge is 0.302 e. The van der Waals surface area contributed by atoms with Gasteiger partial charge in [-0.1, -0.05) is 51.9 Å². The molecule has 0 aromatic rings. The van der Waals surface area contributed by atoms with E-state index in [1.165, 1.54) is 38.5 Å². The van der Waals surface area contributed by atoms with Crippen molar-refractivity contribution in [3.63, 3.8) is 0 Å². The summed E-state index contributed by atoms with van der Waals surface area (Å²) in [5.74, 6) is -3.25. The van der Waals surface area contributed by atoms with E-state index in [0.717, 1.165) is 12.8 Å². The molecule has 110 valence electrons. The molecule has 18 heavy (non-hydrogen) atoms. The van der Waals surface area contributed by atoms with Gasteiger partial charge in [0.2, 0.25) is 0 Å². The third kappa shape index (κ3) is 12.6. The number of halogens is 2. The van der Waals surface area contributed by atoms with Gasteiger partial charge in [-0.3, -0.25) is 0 Å². The lowest BCUT2D eigenvalue weighted by molar-refractivity contribution is -0.0418. The summed E-state index contributed by atoms with van der Waals surface area (Å²) in [5.41, 5.74) is 2.30. The summed E-state index contributed by atoms with van der Waals surface area (Å²) in [4.78, 5) is 4.95. The van der Waals surface area contributed by atoms with Crippen LogP contribution in [0.15, 0.2) is 0 Å². The zero-order valence-electron chi connectivity index (χ0n) is 11.4. The summed E-state index contributed by atoms with van der Waals surface area (Å²) in [7, 11) is 0. The van der Waals surface area contributed by atoms with Crippen LogP contribution < -0.4 is 5.48 Å². The SMILES string of the molecule is CCCCCCCCCCONCC(F)(F)CS. The molecule has 0 bridgehead atoms. The summed E-state index contributed by atoms with van der Waals surface area (Å²) >= 11 is 3.56. The van der Waals surface area contributed by atoms with E-state index in [9.17, 15) is 8.78 Å². The highest BCUT2D eigenvalue weighted by Crippen LogP contribution is 2.13. The minimum absolute atomic E-state index is 0.457. The van der Waals surface area contributed by atoms with E-state index < -0.39 is 18.2 Å². The second-order valence-electron chi connectivity index (χ2n) is 4.66. The van der Waals surface area contributed by atoms with Gasteiger partial charge in [-0.05, 0) is 6.42 Å². The first kappa shape index (κ1) is 18.1. The van der Waals surface area contributed by atoms with Crippen LogP contribution in [-0.2, 0) is 4.84 Å². The number of thiol groups is 1. The van der Waals surface area contributed by atoms with Crippen LogP contribution in [0.1, 0.15) is 58.3 Å². The lowest BCUT2D eigenvalue weighted by Crippen LogP contribution is -2.34. The van der Waals surface area contributed by atoms with Crippen LogP contribution in [0.3, 0.4) is 0 Å². The topological polar surface area (TPSA) is 21.3 Å². The van der Waals surface area contributed by atoms with Crippen molar-refractivity contribution < 1.29 is 13.6 Å². The summed E-state index contributed by atoms with van der Waals surface area (Å²) in [5, 5.41) is 0. The smallest absolute Gasteiger partial charge is 0.271 e. The lowest BCUT2D eigenvalue weighted by Gasteiger charge is -2.13. The normalized spacial score (nSPS) is 12.0. The first-order valence-corrected chi connectivity index (χ1v) is 7.59. The summed E-state index contributed by atoms with van der Waals surface area (Å²) in [6.07, 6.45) is 9.74. The van der Waals surface area contributed by atoms with E-state index in [1.54, 1.807) is 0 Å². The maximum Gasteiger partial charge on any atom is 0.271 e. The van der Waals surface area contributed by atoms with Crippen molar-refractivity contribution in [2.75, 3.05) is 18.9 Å². The van der Waals surface area contributed by atoms with Crippen LogP contribution in [0.5, 0.6) is 0 Å². The van der Waals surface area contributed by atoms with E-state index in [1.807, 2.05) is 0 Å². The highest BCUT2D eigenvalue weighted by Gasteiger charge is 2.26. The fourth-order valence-corrected chi connectivity index (χ4v) is 1.70. The van der Waals surface area contributed by atoms with Gasteiger partial charge in [-0.15, -0.1) is 0 Å². The average Bonchev–Trinajstić information content (AvgIpc) is 2.36. The predicted octanol–water partition coefficient (Wildman–Crippen LogP) is 4.21. The van der Waals surface area contributed by atoms with Crippen LogP contribution in [-0.4, -0.2) is 24.8 Å². The number of hydrogen-bond acceptors (Lipinski definition) is 3. The van der Waals surface area contributed by atoms with Crippen molar-refractivity contribution in [1.82, 2.24) is 5.48 Å². The maximum atomic E-state index is 12.7. The molecule has 0 aliphatic heterocycles. The van der Waals surface area contributed by atoms with Crippen LogP contribution >= 0.6 is 12.6 Å². The Balaban J connectivity index is 3.08. The zero-order valence-corrected chi connectivity index (χ0v) is 12.3. The summed E-state index contributed by atoms with van der Waals surface area (Å²) in [6.45, 7) is 2.24. The second-order valence-corrected chi connectivity index (χ2v) is 4.97. The number of nitrogens with one attached hydrogen (secondary N) is 1. The number of unbranched alkanes of at least 4 members (excludes halogenated alkanes) is 7. The molecular weight excluding hydrogens is 256 g/mol. The Bertz CT molecular complexity index is 182. The molecule has 2 nitrogen and oxygen atoms in total. The monoisotopic (exact) mass is 283 g/mol. The molecule has 0 rings (SSSR count). The highest BCUT2D eigenvalue weighted by atomic mass is 32.1. The standard InChI is InChI=1S/C13H27F2NOS/c1-2-3-4-5-6-7-8-9-10-17-16-11-13(14,15)12-18/h16,18H,2-12H2,1H3. The Hall–Kier alpha value is 0.130. The van der Waals surface area contributed by atoms with Crippen molar-refractivity contribution >= 4 is 12.6 Å². The third-order valence-corrected chi connectivity index (χ3v) is 3.23. The Morgan fingerprint density at radius 1 is 1.00 bits per heavy atom. The van der Waals surface area contributed by atoms with Crippen molar-refractivity contribution in [2.45, 2.75) is 64.2 Å².